The predicted octanol–water partition coefficient (Wildman–Crippen LogP) is 3.77. The number of benzene rings is 1. The summed E-state index contributed by atoms with van der Waals surface area (Å²) in [6.07, 6.45) is 2.56. The molecular weight excluding hydrogens is 164 g/mol. The highest BCUT2D eigenvalue weighted by Gasteiger charge is 2.01. The van der Waals surface area contributed by atoms with Crippen LogP contribution >= 0.6 is 11.8 Å². The number of hydrogen-bond acceptors (Lipinski definition) is 1. The van der Waals surface area contributed by atoms with Crippen molar-refractivity contribution in [1.29, 1.82) is 0 Å². The van der Waals surface area contributed by atoms with Gasteiger partial charge in [-0.25, -0.2) is 0 Å². The monoisotopic (exact) mass is 179 g/mol. The molecule has 12 heavy (non-hydrogen) atoms. The molecule has 0 aliphatic carbocycles. The summed E-state index contributed by atoms with van der Waals surface area (Å²) in [5.74, 6) is 0. The molecule has 1 rings (SSSR count). The first-order valence-corrected chi connectivity index (χ1v) is 5.33. The van der Waals surface area contributed by atoms with Crippen molar-refractivity contribution in [3.05, 3.63) is 30.3 Å². The molecule has 0 aliphatic heterocycles. The van der Waals surface area contributed by atoms with Crippen LogP contribution in [0.3, 0.4) is 0 Å². The molecule has 1 aromatic rings. The zero-order chi connectivity index (χ0) is 8.81. The predicted molar refractivity (Wildman–Crippen MR) is 55.5 cm³/mol. The van der Waals surface area contributed by atoms with Crippen LogP contribution in [0.15, 0.2) is 29.2 Å². The van der Waals surface area contributed by atoms with E-state index in [4.69, 9.17) is 0 Å². The van der Waals surface area contributed by atoms with Gasteiger partial charge in [-0.3, -0.25) is 0 Å². The lowest BCUT2D eigenvalue weighted by atomic mass is 10.3. The van der Waals surface area contributed by atoms with Crippen molar-refractivity contribution in [2.24, 2.45) is 0 Å². The number of rotatable bonds is 4. The second kappa shape index (κ2) is 5.26. The van der Waals surface area contributed by atoms with Crippen LogP contribution in [0.1, 0.15) is 26.7 Å². The highest BCUT2D eigenvalue weighted by Crippen LogP contribution is 2.24. The quantitative estimate of drug-likeness (QED) is 0.634. The Kier molecular flexibility index (Phi) is 4.23. The molecule has 65 valence electrons. The molecule has 1 atom stereocenters. The minimum Gasteiger partial charge on any atom is -0.123 e. The third kappa shape index (κ3) is 3.31. The first-order chi connectivity index (χ1) is 5.83. The maximum absolute atomic E-state index is 3.09. The zero-order valence-electron chi connectivity index (χ0n) is 7.71. The fraction of sp³-hybridized carbons (Fsp3) is 0.455. The highest BCUT2D eigenvalue weighted by atomic mass is 32.2. The van der Waals surface area contributed by atoms with E-state index in [9.17, 15) is 0 Å². The standard InChI is InChI=1S/C11H15S/c1-3-7-10(2)12-11-8-5-4-6-9-11/h4-5,8-10H,3,7H2,1-2H3. The molecule has 1 unspecified atom stereocenters. The van der Waals surface area contributed by atoms with Crippen molar-refractivity contribution in [3.8, 4) is 0 Å². The van der Waals surface area contributed by atoms with E-state index in [0.717, 1.165) is 5.25 Å². The summed E-state index contributed by atoms with van der Waals surface area (Å²) in [6.45, 7) is 4.51. The van der Waals surface area contributed by atoms with Crippen LogP contribution in [-0.2, 0) is 0 Å². The van der Waals surface area contributed by atoms with E-state index < -0.39 is 0 Å². The SMILES string of the molecule is CCCC(C)Sc1c[c]ccc1. The Morgan fingerprint density at radius 1 is 1.58 bits per heavy atom. The molecule has 0 fully saturated rings. The minimum absolute atomic E-state index is 0.728. The molecule has 1 heteroatoms. The maximum atomic E-state index is 3.09. The average molecular weight is 179 g/mol. The van der Waals surface area contributed by atoms with Crippen LogP contribution in [0.4, 0.5) is 0 Å². The molecule has 0 bridgehead atoms. The summed E-state index contributed by atoms with van der Waals surface area (Å²) in [7, 11) is 0. The van der Waals surface area contributed by atoms with E-state index in [1.165, 1.54) is 17.7 Å². The van der Waals surface area contributed by atoms with Gasteiger partial charge in [-0.15, -0.1) is 11.8 Å². The van der Waals surface area contributed by atoms with Gasteiger partial charge in [0.25, 0.3) is 0 Å². The summed E-state index contributed by atoms with van der Waals surface area (Å²) >= 11 is 1.94. The molecule has 0 spiro atoms. The van der Waals surface area contributed by atoms with Crippen molar-refractivity contribution in [2.45, 2.75) is 36.8 Å². The molecule has 0 saturated carbocycles. The molecule has 0 N–H and O–H groups in total. The molecule has 0 amide bonds. The van der Waals surface area contributed by atoms with Gasteiger partial charge in [0.05, 0.1) is 0 Å². The van der Waals surface area contributed by atoms with Crippen LogP contribution in [0.25, 0.3) is 0 Å². The third-order valence-corrected chi connectivity index (χ3v) is 2.88. The van der Waals surface area contributed by atoms with Crippen LogP contribution in [-0.4, -0.2) is 5.25 Å². The molecule has 0 nitrogen and oxygen atoms in total. The molecule has 0 aromatic heterocycles. The smallest absolute Gasteiger partial charge is 0.00808 e. The fourth-order valence-electron chi connectivity index (χ4n) is 1.15. The second-order valence-electron chi connectivity index (χ2n) is 2.96. The molecule has 0 heterocycles. The Morgan fingerprint density at radius 3 is 3.00 bits per heavy atom. The van der Waals surface area contributed by atoms with Gasteiger partial charge in [-0.1, -0.05) is 32.4 Å². The number of thioether (sulfide) groups is 1. The largest absolute Gasteiger partial charge is 0.123 e. The van der Waals surface area contributed by atoms with Gasteiger partial charge >= 0.3 is 0 Å². The fourth-order valence-corrected chi connectivity index (χ4v) is 2.26. The van der Waals surface area contributed by atoms with Gasteiger partial charge in [0.2, 0.25) is 0 Å². The first kappa shape index (κ1) is 9.66. The maximum Gasteiger partial charge on any atom is 0.00808 e. The molecule has 0 saturated heterocycles. The Balaban J connectivity index is 2.41. The van der Waals surface area contributed by atoms with Crippen molar-refractivity contribution in [2.75, 3.05) is 0 Å². The van der Waals surface area contributed by atoms with Crippen LogP contribution in [0, 0.1) is 6.07 Å². The Labute approximate surface area is 79.4 Å². The van der Waals surface area contributed by atoms with E-state index in [1.54, 1.807) is 0 Å². The highest BCUT2D eigenvalue weighted by molar-refractivity contribution is 7.99. The van der Waals surface area contributed by atoms with Gasteiger partial charge in [-0.05, 0) is 24.6 Å². The van der Waals surface area contributed by atoms with Crippen LogP contribution in [0.5, 0.6) is 0 Å². The van der Waals surface area contributed by atoms with E-state index in [0.29, 0.717) is 0 Å². The van der Waals surface area contributed by atoms with Gasteiger partial charge in [-0.2, -0.15) is 0 Å². The van der Waals surface area contributed by atoms with Crippen LogP contribution in [0.2, 0.25) is 0 Å². The van der Waals surface area contributed by atoms with Crippen molar-refractivity contribution >= 4 is 11.8 Å². The minimum atomic E-state index is 0.728. The lowest BCUT2D eigenvalue weighted by molar-refractivity contribution is 0.787. The number of hydrogen-bond donors (Lipinski definition) is 0. The summed E-state index contributed by atoms with van der Waals surface area (Å²) < 4.78 is 0. The Hall–Kier alpha value is -0.430. The Morgan fingerprint density at radius 2 is 2.42 bits per heavy atom. The molecule has 0 aliphatic rings. The summed E-state index contributed by atoms with van der Waals surface area (Å²) in [5.41, 5.74) is 0. The third-order valence-electron chi connectivity index (χ3n) is 1.71. The topological polar surface area (TPSA) is 0 Å². The van der Waals surface area contributed by atoms with E-state index in [1.807, 2.05) is 23.9 Å². The van der Waals surface area contributed by atoms with Crippen LogP contribution < -0.4 is 0 Å². The molecule has 1 radical (unpaired) electrons. The van der Waals surface area contributed by atoms with Crippen molar-refractivity contribution in [3.63, 3.8) is 0 Å². The first-order valence-electron chi connectivity index (χ1n) is 4.45. The zero-order valence-corrected chi connectivity index (χ0v) is 8.53. The normalized spacial score (nSPS) is 12.8. The average Bonchev–Trinajstić information content (AvgIpc) is 2.06. The van der Waals surface area contributed by atoms with E-state index in [-0.39, 0.29) is 0 Å². The Bertz CT molecular complexity index is 206. The van der Waals surface area contributed by atoms with Crippen molar-refractivity contribution in [1.82, 2.24) is 0 Å². The molecular formula is C11H15S. The second-order valence-corrected chi connectivity index (χ2v) is 4.47. The molecule has 1 aromatic carbocycles. The van der Waals surface area contributed by atoms with Crippen molar-refractivity contribution < 1.29 is 0 Å². The lowest BCUT2D eigenvalue weighted by Crippen LogP contribution is -1.93. The lowest BCUT2D eigenvalue weighted by Gasteiger charge is -2.08. The summed E-state index contributed by atoms with van der Waals surface area (Å²) in [5, 5.41) is 0.728. The van der Waals surface area contributed by atoms with Gasteiger partial charge < -0.3 is 0 Å². The van der Waals surface area contributed by atoms with E-state index >= 15 is 0 Å². The van der Waals surface area contributed by atoms with Gasteiger partial charge in [0, 0.05) is 10.1 Å². The summed E-state index contributed by atoms with van der Waals surface area (Å²) in [6, 6.07) is 11.3. The summed E-state index contributed by atoms with van der Waals surface area (Å²) in [4.78, 5) is 1.33. The van der Waals surface area contributed by atoms with Gasteiger partial charge in [0.15, 0.2) is 0 Å². The van der Waals surface area contributed by atoms with E-state index in [2.05, 4.69) is 32.0 Å². The van der Waals surface area contributed by atoms with Gasteiger partial charge in [0.1, 0.15) is 0 Å².